The average Bonchev–Trinajstić information content (AvgIpc) is 2.81. The summed E-state index contributed by atoms with van der Waals surface area (Å²) in [5.74, 6) is -0.795. The van der Waals surface area contributed by atoms with Crippen molar-refractivity contribution >= 4 is 23.8 Å². The number of benzene rings is 4. The van der Waals surface area contributed by atoms with Crippen LogP contribution in [0.4, 0.5) is 8.78 Å². The Hall–Kier alpha value is -3.29. The lowest BCUT2D eigenvalue weighted by Crippen LogP contribution is -2.21. The van der Waals surface area contributed by atoms with Gasteiger partial charge in [0.25, 0.3) is 0 Å². The van der Waals surface area contributed by atoms with E-state index in [-0.39, 0.29) is 0 Å². The van der Waals surface area contributed by atoms with Crippen LogP contribution in [0.5, 0.6) is 0 Å². The van der Waals surface area contributed by atoms with Gasteiger partial charge < -0.3 is 4.57 Å². The van der Waals surface area contributed by atoms with Gasteiger partial charge in [-0.2, -0.15) is 0 Å². The first-order valence-corrected chi connectivity index (χ1v) is 11.8. The fraction of sp³-hybridized carbons (Fsp3) is 0.0370. The quantitative estimate of drug-likeness (QED) is 0.310. The van der Waals surface area contributed by atoms with Crippen LogP contribution in [0.25, 0.3) is 6.08 Å². The number of rotatable bonds is 6. The molecule has 0 bridgehead atoms. The Balaban J connectivity index is 1.93. The molecule has 0 spiro atoms. The zero-order chi connectivity index (χ0) is 21.7. The maximum absolute atomic E-state index is 14.9. The van der Waals surface area contributed by atoms with Gasteiger partial charge in [0.15, 0.2) is 7.14 Å². The van der Waals surface area contributed by atoms with Gasteiger partial charge in [-0.3, -0.25) is 0 Å². The van der Waals surface area contributed by atoms with E-state index in [9.17, 15) is 13.3 Å². The maximum Gasteiger partial charge on any atom is 0.153 e. The van der Waals surface area contributed by atoms with Crippen LogP contribution in [-0.4, -0.2) is 0 Å². The lowest BCUT2D eigenvalue weighted by Gasteiger charge is -2.27. The molecule has 1 unspecified atom stereocenters. The Bertz CT molecular complexity index is 1150. The van der Waals surface area contributed by atoms with E-state index < -0.39 is 24.4 Å². The molecule has 0 aliphatic rings. The predicted octanol–water partition coefficient (Wildman–Crippen LogP) is 6.73. The highest BCUT2D eigenvalue weighted by Crippen LogP contribution is 2.58. The van der Waals surface area contributed by atoms with Crippen molar-refractivity contribution in [3.05, 3.63) is 138 Å². The highest BCUT2D eigenvalue weighted by atomic mass is 31.2. The minimum atomic E-state index is -3.35. The summed E-state index contributed by atoms with van der Waals surface area (Å²) < 4.78 is 42.2. The summed E-state index contributed by atoms with van der Waals surface area (Å²) in [5.41, 5.74) is 1.34. The van der Waals surface area contributed by atoms with E-state index in [2.05, 4.69) is 0 Å². The number of hydrogen-bond donors (Lipinski definition) is 0. The zero-order valence-electron chi connectivity index (χ0n) is 16.7. The van der Waals surface area contributed by atoms with Crippen LogP contribution in [0, 0.1) is 11.6 Å². The maximum atomic E-state index is 14.9. The molecule has 0 aliphatic carbocycles. The van der Waals surface area contributed by atoms with Gasteiger partial charge in [0.2, 0.25) is 0 Å². The largest absolute Gasteiger partial charge is 0.313 e. The molecule has 0 heterocycles. The van der Waals surface area contributed by atoms with Crippen molar-refractivity contribution in [1.29, 1.82) is 0 Å². The van der Waals surface area contributed by atoms with Crippen molar-refractivity contribution in [1.82, 2.24) is 0 Å². The molecule has 1 nitrogen and oxygen atoms in total. The third-order valence-corrected chi connectivity index (χ3v) is 8.61. The van der Waals surface area contributed by atoms with E-state index in [0.29, 0.717) is 10.6 Å². The second kappa shape index (κ2) is 9.24. The van der Waals surface area contributed by atoms with Crippen molar-refractivity contribution in [2.75, 3.05) is 0 Å². The molecule has 4 aromatic rings. The number of halogens is 2. The minimum absolute atomic E-state index is 0.398. The summed E-state index contributed by atoms with van der Waals surface area (Å²) in [4.78, 5) is 0. The molecule has 4 rings (SSSR count). The van der Waals surface area contributed by atoms with Gasteiger partial charge in [-0.25, -0.2) is 8.78 Å². The first kappa shape index (κ1) is 21.0. The highest BCUT2D eigenvalue weighted by Gasteiger charge is 2.36. The molecule has 31 heavy (non-hydrogen) atoms. The minimum Gasteiger partial charge on any atom is -0.313 e. The Kier molecular flexibility index (Phi) is 6.25. The van der Waals surface area contributed by atoms with Gasteiger partial charge in [0.1, 0.15) is 11.6 Å². The van der Waals surface area contributed by atoms with E-state index in [1.54, 1.807) is 24.3 Å². The van der Waals surface area contributed by atoms with Crippen LogP contribution in [0.1, 0.15) is 16.8 Å². The molecular weight excluding hydrogens is 409 g/mol. The van der Waals surface area contributed by atoms with Gasteiger partial charge in [0, 0.05) is 10.6 Å². The topological polar surface area (TPSA) is 17.1 Å². The Morgan fingerprint density at radius 1 is 0.613 bits per heavy atom. The first-order valence-electron chi connectivity index (χ1n) is 9.97. The lowest BCUT2D eigenvalue weighted by molar-refractivity contribution is 0.583. The summed E-state index contributed by atoms with van der Waals surface area (Å²) in [5, 5.41) is 1.04. The highest BCUT2D eigenvalue weighted by molar-refractivity contribution is 7.79. The van der Waals surface area contributed by atoms with Crippen LogP contribution < -0.4 is 10.6 Å². The van der Waals surface area contributed by atoms with E-state index in [0.717, 1.165) is 11.1 Å². The fourth-order valence-electron chi connectivity index (χ4n) is 3.65. The molecule has 0 saturated heterocycles. The van der Waals surface area contributed by atoms with Crippen molar-refractivity contribution in [3.8, 4) is 0 Å². The summed E-state index contributed by atoms with van der Waals surface area (Å²) in [6.07, 6.45) is 3.87. The molecule has 0 amide bonds. The summed E-state index contributed by atoms with van der Waals surface area (Å²) in [6.45, 7) is 0. The van der Waals surface area contributed by atoms with Crippen LogP contribution in [0.15, 0.2) is 115 Å². The average molecular weight is 430 g/mol. The molecule has 154 valence electrons. The molecular formula is C27H21F2OP. The van der Waals surface area contributed by atoms with E-state index in [1.165, 1.54) is 24.3 Å². The predicted molar refractivity (Wildman–Crippen MR) is 124 cm³/mol. The molecule has 0 aliphatic heterocycles. The van der Waals surface area contributed by atoms with Crippen molar-refractivity contribution in [3.63, 3.8) is 0 Å². The van der Waals surface area contributed by atoms with Crippen molar-refractivity contribution in [2.24, 2.45) is 0 Å². The molecule has 4 aromatic carbocycles. The zero-order valence-corrected chi connectivity index (χ0v) is 17.6. The van der Waals surface area contributed by atoms with Crippen LogP contribution >= 0.6 is 7.14 Å². The standard InChI is InChI=1S/C27H21F2OP/c28-23-12-16-25(17-13-23)31(30,26-18-14-24(29)15-19-26)27(22-9-5-2-6-10-22)20-11-21-7-3-1-4-8-21/h1-20,27H/b20-11+. The molecule has 1 atom stereocenters. The van der Waals surface area contributed by atoms with Gasteiger partial charge in [-0.15, -0.1) is 0 Å². The van der Waals surface area contributed by atoms with E-state index >= 15 is 0 Å². The molecule has 0 saturated carbocycles. The summed E-state index contributed by atoms with van der Waals surface area (Å²) >= 11 is 0. The fourth-order valence-corrected chi connectivity index (χ4v) is 6.70. The normalized spacial score (nSPS) is 12.7. The van der Waals surface area contributed by atoms with E-state index in [4.69, 9.17) is 0 Å². The molecule has 4 heteroatoms. The Morgan fingerprint density at radius 2 is 1.06 bits per heavy atom. The molecule has 0 N–H and O–H groups in total. The van der Waals surface area contributed by atoms with Crippen molar-refractivity contribution in [2.45, 2.75) is 5.66 Å². The van der Waals surface area contributed by atoms with Crippen LogP contribution in [-0.2, 0) is 4.57 Å². The Morgan fingerprint density at radius 3 is 1.55 bits per heavy atom. The summed E-state index contributed by atoms with van der Waals surface area (Å²) in [7, 11) is -3.35. The van der Waals surface area contributed by atoms with Crippen LogP contribution in [0.3, 0.4) is 0 Å². The first-order chi connectivity index (χ1) is 15.1. The van der Waals surface area contributed by atoms with Gasteiger partial charge in [-0.05, 0) is 59.7 Å². The molecule has 0 fully saturated rings. The second-order valence-corrected chi connectivity index (χ2v) is 10.1. The van der Waals surface area contributed by atoms with Crippen LogP contribution in [0.2, 0.25) is 0 Å². The SMILES string of the molecule is O=P(c1ccc(F)cc1)(c1ccc(F)cc1)C(/C=C/c1ccccc1)c1ccccc1. The number of allylic oxidation sites excluding steroid dienone is 1. The second-order valence-electron chi connectivity index (χ2n) is 7.24. The Labute approximate surface area is 181 Å². The number of hydrogen-bond acceptors (Lipinski definition) is 1. The summed E-state index contributed by atoms with van der Waals surface area (Å²) in [6, 6.07) is 30.8. The van der Waals surface area contributed by atoms with Crippen molar-refractivity contribution < 1.29 is 13.3 Å². The van der Waals surface area contributed by atoms with E-state index in [1.807, 2.05) is 72.8 Å². The monoisotopic (exact) mass is 430 g/mol. The van der Waals surface area contributed by atoms with Gasteiger partial charge in [0.05, 0.1) is 5.66 Å². The van der Waals surface area contributed by atoms with Gasteiger partial charge in [-0.1, -0.05) is 72.8 Å². The molecule has 0 aromatic heterocycles. The smallest absolute Gasteiger partial charge is 0.153 e. The van der Waals surface area contributed by atoms with Gasteiger partial charge >= 0.3 is 0 Å². The molecule has 0 radical (unpaired) electrons. The third-order valence-electron chi connectivity index (χ3n) is 5.22. The third kappa shape index (κ3) is 4.57. The lowest BCUT2D eigenvalue weighted by atomic mass is 10.1.